The molecule has 0 aliphatic heterocycles. The molecule has 0 aliphatic rings. The van der Waals surface area contributed by atoms with Crippen molar-refractivity contribution in [3.63, 3.8) is 0 Å². The Hall–Kier alpha value is 0.0169. The molecule has 0 aromatic carbocycles. The molecule has 1 atom stereocenters. The van der Waals surface area contributed by atoms with Crippen LogP contribution < -0.4 is 11.5 Å². The van der Waals surface area contributed by atoms with Crippen molar-refractivity contribution in [2.75, 3.05) is 26.4 Å². The second-order valence-corrected chi connectivity index (χ2v) is 7.23. The molecule has 6 heteroatoms. The molecule has 18 heavy (non-hydrogen) atoms. The maximum absolute atomic E-state index is 6.55. The van der Waals surface area contributed by atoms with E-state index >= 15 is 0 Å². The summed E-state index contributed by atoms with van der Waals surface area (Å²) >= 11 is 0. The lowest BCUT2D eigenvalue weighted by atomic mass is 10.1. The number of rotatable bonds is 11. The first-order chi connectivity index (χ1) is 8.55. The van der Waals surface area contributed by atoms with Crippen LogP contribution in [0, 0.1) is 0 Å². The van der Waals surface area contributed by atoms with Crippen LogP contribution in [-0.2, 0) is 13.3 Å². The van der Waals surface area contributed by atoms with Gasteiger partial charge in [0, 0.05) is 19.8 Å². The summed E-state index contributed by atoms with van der Waals surface area (Å²) in [6, 6.07) is 0. The van der Waals surface area contributed by atoms with Gasteiger partial charge in [-0.2, -0.15) is 0 Å². The highest BCUT2D eigenvalue weighted by Crippen LogP contribution is 2.30. The van der Waals surface area contributed by atoms with Crippen LogP contribution >= 0.6 is 0 Å². The third kappa shape index (κ3) is 4.29. The van der Waals surface area contributed by atoms with Crippen LogP contribution in [0.4, 0.5) is 0 Å². The van der Waals surface area contributed by atoms with Crippen LogP contribution in [0.5, 0.6) is 0 Å². The van der Waals surface area contributed by atoms with Crippen molar-refractivity contribution in [2.24, 2.45) is 11.5 Å². The fourth-order valence-electron chi connectivity index (χ4n) is 2.09. The monoisotopic (exact) mass is 278 g/mol. The Bertz CT molecular complexity index is 202. The van der Waals surface area contributed by atoms with E-state index in [0.29, 0.717) is 26.4 Å². The highest BCUT2D eigenvalue weighted by Gasteiger charge is 2.57. The molecular weight excluding hydrogens is 248 g/mol. The largest absolute Gasteiger partial charge is 0.521 e. The van der Waals surface area contributed by atoms with Gasteiger partial charge in [0.05, 0.1) is 5.16 Å². The van der Waals surface area contributed by atoms with Crippen LogP contribution in [0.1, 0.15) is 47.0 Å². The Morgan fingerprint density at radius 2 is 1.39 bits per heavy atom. The molecule has 5 nitrogen and oxygen atoms in total. The van der Waals surface area contributed by atoms with Gasteiger partial charge in [0.1, 0.15) is 0 Å². The van der Waals surface area contributed by atoms with E-state index < -0.39 is 14.0 Å². The first-order valence-electron chi connectivity index (χ1n) is 6.96. The molecule has 0 aromatic rings. The Morgan fingerprint density at radius 1 is 0.944 bits per heavy atom. The maximum atomic E-state index is 6.55. The second kappa shape index (κ2) is 9.01. The fraction of sp³-hybridized carbons (Fsp3) is 1.00. The number of hydrogen-bond donors (Lipinski definition) is 2. The van der Waals surface area contributed by atoms with Gasteiger partial charge in [-0.15, -0.1) is 0 Å². The molecule has 0 amide bonds. The zero-order valence-electron chi connectivity index (χ0n) is 12.3. The molecule has 0 spiro atoms. The van der Waals surface area contributed by atoms with Crippen molar-refractivity contribution in [3.05, 3.63) is 0 Å². The van der Waals surface area contributed by atoms with Gasteiger partial charge >= 0.3 is 8.80 Å². The Balaban J connectivity index is 5.16. The van der Waals surface area contributed by atoms with Crippen molar-refractivity contribution >= 4 is 8.80 Å². The van der Waals surface area contributed by atoms with Gasteiger partial charge < -0.3 is 24.7 Å². The smallest absolute Gasteiger partial charge is 0.373 e. The molecule has 0 saturated carbocycles. The molecule has 0 bridgehead atoms. The topological polar surface area (TPSA) is 79.7 Å². The van der Waals surface area contributed by atoms with Crippen molar-refractivity contribution < 1.29 is 13.3 Å². The van der Waals surface area contributed by atoms with Crippen molar-refractivity contribution in [1.82, 2.24) is 0 Å². The summed E-state index contributed by atoms with van der Waals surface area (Å²) in [5, 5.41) is -0.547. The lowest BCUT2D eigenvalue weighted by Crippen LogP contribution is -2.70. The summed E-state index contributed by atoms with van der Waals surface area (Å²) in [4.78, 5) is 0. The van der Waals surface area contributed by atoms with E-state index in [-0.39, 0.29) is 0 Å². The van der Waals surface area contributed by atoms with E-state index in [9.17, 15) is 0 Å². The summed E-state index contributed by atoms with van der Waals surface area (Å²) in [5.74, 6) is 0. The first kappa shape index (κ1) is 18.0. The first-order valence-corrected chi connectivity index (χ1v) is 8.69. The lowest BCUT2D eigenvalue weighted by molar-refractivity contribution is 0.0419. The summed E-state index contributed by atoms with van der Waals surface area (Å²) < 4.78 is 17.7. The van der Waals surface area contributed by atoms with Crippen LogP contribution in [-0.4, -0.2) is 40.3 Å². The SMILES string of the molecule is CCO[Si](OCC)(OCC)C(N)(CC)CCCN. The van der Waals surface area contributed by atoms with Gasteiger partial charge in [-0.3, -0.25) is 0 Å². The summed E-state index contributed by atoms with van der Waals surface area (Å²) in [5.41, 5.74) is 12.1. The Morgan fingerprint density at radius 3 is 1.67 bits per heavy atom. The minimum absolute atomic E-state index is 0.547. The molecule has 0 fully saturated rings. The molecular formula is C12H30N2O3Si. The van der Waals surface area contributed by atoms with Gasteiger partial charge in [0.15, 0.2) is 0 Å². The molecule has 0 saturated heterocycles. The van der Waals surface area contributed by atoms with E-state index in [0.717, 1.165) is 19.3 Å². The maximum Gasteiger partial charge on any atom is 0.521 e. The number of hydrogen-bond acceptors (Lipinski definition) is 5. The zero-order valence-corrected chi connectivity index (χ0v) is 13.3. The highest BCUT2D eigenvalue weighted by molar-refractivity contribution is 6.64. The summed E-state index contributed by atoms with van der Waals surface area (Å²) in [6.45, 7) is 10.1. The molecule has 0 aliphatic carbocycles. The molecule has 1 unspecified atom stereocenters. The Kier molecular flexibility index (Phi) is 9.01. The van der Waals surface area contributed by atoms with Crippen LogP contribution in [0.15, 0.2) is 0 Å². The fourth-order valence-corrected chi connectivity index (χ4v) is 5.26. The van der Waals surface area contributed by atoms with Crippen LogP contribution in [0.25, 0.3) is 0 Å². The molecule has 0 heterocycles. The lowest BCUT2D eigenvalue weighted by Gasteiger charge is -2.42. The standard InChI is InChI=1S/C12H30N2O3Si/c1-5-12(14,10-9-11-13)18(15-6-2,16-7-3)17-8-4/h5-11,13-14H2,1-4H3. The third-order valence-electron chi connectivity index (χ3n) is 3.07. The van der Waals surface area contributed by atoms with Gasteiger partial charge in [-0.1, -0.05) is 6.92 Å². The van der Waals surface area contributed by atoms with Gasteiger partial charge in [-0.25, -0.2) is 0 Å². The van der Waals surface area contributed by atoms with E-state index in [1.165, 1.54) is 0 Å². The summed E-state index contributed by atoms with van der Waals surface area (Å²) in [6.07, 6.45) is 2.39. The zero-order chi connectivity index (χ0) is 14.1. The normalized spacial score (nSPS) is 15.7. The third-order valence-corrected chi connectivity index (χ3v) is 6.90. The average Bonchev–Trinajstić information content (AvgIpc) is 2.36. The predicted octanol–water partition coefficient (Wildman–Crippen LogP) is 1.42. The molecule has 0 radical (unpaired) electrons. The van der Waals surface area contributed by atoms with Crippen LogP contribution in [0.3, 0.4) is 0 Å². The van der Waals surface area contributed by atoms with E-state index in [1.807, 2.05) is 20.8 Å². The van der Waals surface area contributed by atoms with Crippen molar-refractivity contribution in [2.45, 2.75) is 52.1 Å². The quantitative estimate of drug-likeness (QED) is 0.559. The van der Waals surface area contributed by atoms with Gasteiger partial charge in [0.2, 0.25) is 0 Å². The average molecular weight is 278 g/mol. The predicted molar refractivity (Wildman–Crippen MR) is 76.1 cm³/mol. The van der Waals surface area contributed by atoms with Crippen molar-refractivity contribution in [1.29, 1.82) is 0 Å². The van der Waals surface area contributed by atoms with Gasteiger partial charge in [0.25, 0.3) is 0 Å². The summed E-state index contributed by atoms with van der Waals surface area (Å²) in [7, 11) is -2.86. The molecule has 4 N–H and O–H groups in total. The Labute approximate surface area is 113 Å². The van der Waals surface area contributed by atoms with E-state index in [1.54, 1.807) is 0 Å². The van der Waals surface area contributed by atoms with Crippen LogP contribution in [0.2, 0.25) is 0 Å². The molecule has 0 rings (SSSR count). The van der Waals surface area contributed by atoms with Crippen molar-refractivity contribution in [3.8, 4) is 0 Å². The minimum Gasteiger partial charge on any atom is -0.373 e. The van der Waals surface area contributed by atoms with E-state index in [4.69, 9.17) is 24.7 Å². The van der Waals surface area contributed by atoms with Gasteiger partial charge in [-0.05, 0) is 46.6 Å². The second-order valence-electron chi connectivity index (χ2n) is 4.26. The molecule has 0 aromatic heterocycles. The highest BCUT2D eigenvalue weighted by atomic mass is 28.4. The molecule has 110 valence electrons. The number of nitrogens with two attached hydrogens (primary N) is 2. The van der Waals surface area contributed by atoms with E-state index in [2.05, 4.69) is 6.92 Å². The minimum atomic E-state index is -2.86.